The summed E-state index contributed by atoms with van der Waals surface area (Å²) in [6.07, 6.45) is 8.09. The molecule has 0 spiro atoms. The Labute approximate surface area is 90.1 Å². The van der Waals surface area contributed by atoms with E-state index in [1.807, 2.05) is 0 Å². The van der Waals surface area contributed by atoms with Gasteiger partial charge in [-0.25, -0.2) is 0 Å². The highest BCUT2D eigenvalue weighted by atomic mass is 14.1. The van der Waals surface area contributed by atoms with E-state index in [9.17, 15) is 0 Å². The second-order valence-corrected chi connectivity index (χ2v) is 4.28. The molecule has 0 heterocycles. The van der Waals surface area contributed by atoms with Crippen LogP contribution in [-0.4, -0.2) is 0 Å². The molecule has 0 saturated heterocycles. The van der Waals surface area contributed by atoms with Crippen molar-refractivity contribution < 1.29 is 0 Å². The molecule has 0 aromatic heterocycles. The summed E-state index contributed by atoms with van der Waals surface area (Å²) < 4.78 is 0. The van der Waals surface area contributed by atoms with Crippen LogP contribution in [0, 0.1) is 0 Å². The fourth-order valence-corrected chi connectivity index (χ4v) is 1.66. The molecule has 0 radical (unpaired) electrons. The second-order valence-electron chi connectivity index (χ2n) is 4.28. The Morgan fingerprint density at radius 1 is 1.07 bits per heavy atom. The van der Waals surface area contributed by atoms with Gasteiger partial charge in [-0.05, 0) is 45.1 Å². The molecule has 0 unspecified atom stereocenters. The topological polar surface area (TPSA) is 0 Å². The highest BCUT2D eigenvalue weighted by molar-refractivity contribution is 5.30. The third kappa shape index (κ3) is 5.26. The maximum atomic E-state index is 3.97. The van der Waals surface area contributed by atoms with Crippen LogP contribution in [0.1, 0.15) is 66.2 Å². The molecule has 1 saturated carbocycles. The van der Waals surface area contributed by atoms with Crippen molar-refractivity contribution in [3.63, 3.8) is 0 Å². The molecule has 0 N–H and O–H groups in total. The highest BCUT2D eigenvalue weighted by Gasteiger charge is 2.07. The molecule has 1 aliphatic carbocycles. The molecule has 0 amide bonds. The van der Waals surface area contributed by atoms with Crippen LogP contribution >= 0.6 is 0 Å². The lowest BCUT2D eigenvalue weighted by molar-refractivity contribution is 0.594. The summed E-state index contributed by atoms with van der Waals surface area (Å²) in [6, 6.07) is 0. The van der Waals surface area contributed by atoms with Crippen molar-refractivity contribution in [1.29, 1.82) is 0 Å². The second kappa shape index (κ2) is 7.84. The smallest absolute Gasteiger partial charge is 0.0314 e. The van der Waals surface area contributed by atoms with Crippen LogP contribution in [0.25, 0.3) is 0 Å². The predicted octanol–water partition coefficient (Wildman–Crippen LogP) is 5.26. The highest BCUT2D eigenvalue weighted by Crippen LogP contribution is 2.27. The van der Waals surface area contributed by atoms with Gasteiger partial charge in [-0.2, -0.15) is 0 Å². The third-order valence-corrected chi connectivity index (χ3v) is 2.63. The van der Waals surface area contributed by atoms with Gasteiger partial charge < -0.3 is 0 Å². The zero-order valence-corrected chi connectivity index (χ0v) is 10.4. The molecular weight excluding hydrogens is 168 g/mol. The van der Waals surface area contributed by atoms with Gasteiger partial charge in [-0.15, -0.1) is 0 Å². The maximum absolute atomic E-state index is 3.97. The standard InChI is InChI=1S/C11H18.C3H8/c1-9(2)10(3)11-7-5-4-6-8-11;1-3-2/h1,4-8H2,2-3H3;3H2,1-2H3. The molecule has 0 bridgehead atoms. The van der Waals surface area contributed by atoms with E-state index in [-0.39, 0.29) is 0 Å². The fraction of sp³-hybridized carbons (Fsp3) is 0.714. The minimum absolute atomic E-state index is 1.25. The van der Waals surface area contributed by atoms with Crippen molar-refractivity contribution in [3.8, 4) is 0 Å². The summed E-state index contributed by atoms with van der Waals surface area (Å²) in [4.78, 5) is 0. The van der Waals surface area contributed by atoms with Gasteiger partial charge in [0, 0.05) is 0 Å². The Bertz CT molecular complexity index is 188. The minimum Gasteiger partial charge on any atom is -0.0959 e. The SMILES string of the molecule is C=C(C)C(C)=C1CCCCC1.CCC. The molecule has 0 heteroatoms. The van der Waals surface area contributed by atoms with E-state index in [4.69, 9.17) is 0 Å². The molecule has 14 heavy (non-hydrogen) atoms. The summed E-state index contributed by atoms with van der Waals surface area (Å²) in [5.74, 6) is 0. The number of hydrogen-bond donors (Lipinski definition) is 0. The van der Waals surface area contributed by atoms with Crippen LogP contribution in [0.4, 0.5) is 0 Å². The quantitative estimate of drug-likeness (QED) is 0.534. The van der Waals surface area contributed by atoms with Crippen molar-refractivity contribution in [2.75, 3.05) is 0 Å². The van der Waals surface area contributed by atoms with Crippen molar-refractivity contribution >= 4 is 0 Å². The molecule has 0 aromatic carbocycles. The zero-order valence-electron chi connectivity index (χ0n) is 10.4. The molecule has 0 aliphatic heterocycles. The average Bonchev–Trinajstić information content (AvgIpc) is 2.19. The lowest BCUT2D eigenvalue weighted by atomic mass is 9.90. The van der Waals surface area contributed by atoms with Crippen molar-refractivity contribution in [2.45, 2.75) is 66.2 Å². The number of hydrogen-bond acceptors (Lipinski definition) is 0. The fourth-order valence-electron chi connectivity index (χ4n) is 1.66. The largest absolute Gasteiger partial charge is 0.0959 e. The summed E-state index contributed by atoms with van der Waals surface area (Å²) in [5, 5.41) is 0. The average molecular weight is 194 g/mol. The monoisotopic (exact) mass is 194 g/mol. The first-order valence-corrected chi connectivity index (χ1v) is 5.97. The van der Waals surface area contributed by atoms with Crippen LogP contribution in [-0.2, 0) is 0 Å². The van der Waals surface area contributed by atoms with Crippen LogP contribution in [0.3, 0.4) is 0 Å². The first kappa shape index (κ1) is 13.5. The van der Waals surface area contributed by atoms with E-state index in [2.05, 4.69) is 34.3 Å². The first-order chi connectivity index (χ1) is 6.63. The van der Waals surface area contributed by atoms with E-state index in [1.165, 1.54) is 49.7 Å². The van der Waals surface area contributed by atoms with E-state index in [1.54, 1.807) is 5.57 Å². The number of allylic oxidation sites excluding steroid dienone is 3. The zero-order chi connectivity index (χ0) is 11.0. The normalized spacial score (nSPS) is 15.6. The summed E-state index contributed by atoms with van der Waals surface area (Å²) in [7, 11) is 0. The van der Waals surface area contributed by atoms with Gasteiger partial charge in [0.05, 0.1) is 0 Å². The Morgan fingerprint density at radius 3 is 1.86 bits per heavy atom. The van der Waals surface area contributed by atoms with Crippen LogP contribution in [0.15, 0.2) is 23.3 Å². The minimum atomic E-state index is 1.25. The van der Waals surface area contributed by atoms with Gasteiger partial charge in [-0.3, -0.25) is 0 Å². The van der Waals surface area contributed by atoms with Crippen LogP contribution in [0.5, 0.6) is 0 Å². The van der Waals surface area contributed by atoms with Gasteiger partial charge in [-0.1, -0.05) is 44.4 Å². The lowest BCUT2D eigenvalue weighted by Crippen LogP contribution is -1.97. The van der Waals surface area contributed by atoms with Crippen molar-refractivity contribution in [3.05, 3.63) is 23.3 Å². The molecular formula is C14H26. The van der Waals surface area contributed by atoms with Crippen molar-refractivity contribution in [1.82, 2.24) is 0 Å². The number of rotatable bonds is 1. The molecule has 1 rings (SSSR count). The van der Waals surface area contributed by atoms with Gasteiger partial charge in [0.2, 0.25) is 0 Å². The van der Waals surface area contributed by atoms with E-state index < -0.39 is 0 Å². The van der Waals surface area contributed by atoms with Crippen molar-refractivity contribution in [2.24, 2.45) is 0 Å². The van der Waals surface area contributed by atoms with Crippen LogP contribution in [0.2, 0.25) is 0 Å². The van der Waals surface area contributed by atoms with E-state index in [0.29, 0.717) is 0 Å². The predicted molar refractivity (Wildman–Crippen MR) is 66.6 cm³/mol. The Balaban J connectivity index is 0.000000500. The van der Waals surface area contributed by atoms with Gasteiger partial charge in [0.1, 0.15) is 0 Å². The molecule has 0 nitrogen and oxygen atoms in total. The third-order valence-electron chi connectivity index (χ3n) is 2.63. The Hall–Kier alpha value is -0.520. The Morgan fingerprint density at radius 2 is 1.50 bits per heavy atom. The molecule has 0 atom stereocenters. The maximum Gasteiger partial charge on any atom is -0.0314 e. The van der Waals surface area contributed by atoms with E-state index in [0.717, 1.165) is 0 Å². The first-order valence-electron chi connectivity index (χ1n) is 5.97. The van der Waals surface area contributed by atoms with Gasteiger partial charge in [0.25, 0.3) is 0 Å². The summed E-state index contributed by atoms with van der Waals surface area (Å²) in [5.41, 5.74) is 4.37. The summed E-state index contributed by atoms with van der Waals surface area (Å²) >= 11 is 0. The molecule has 0 aromatic rings. The van der Waals surface area contributed by atoms with Gasteiger partial charge in [0.15, 0.2) is 0 Å². The Kier molecular flexibility index (Phi) is 7.55. The van der Waals surface area contributed by atoms with Gasteiger partial charge >= 0.3 is 0 Å². The molecule has 1 fully saturated rings. The molecule has 1 aliphatic rings. The summed E-state index contributed by atoms with van der Waals surface area (Å²) in [6.45, 7) is 12.5. The van der Waals surface area contributed by atoms with E-state index >= 15 is 0 Å². The van der Waals surface area contributed by atoms with Crippen LogP contribution < -0.4 is 0 Å². The molecule has 82 valence electrons. The lowest BCUT2D eigenvalue weighted by Gasteiger charge is -2.16.